The second-order valence-corrected chi connectivity index (χ2v) is 2.85. The molecule has 1 heterocycles. The summed E-state index contributed by atoms with van der Waals surface area (Å²) in [5.74, 6) is 0.161. The molecular formula is C7H13NO2. The molecule has 2 atom stereocenters. The van der Waals surface area contributed by atoms with Gasteiger partial charge in [-0.2, -0.15) is 0 Å². The summed E-state index contributed by atoms with van der Waals surface area (Å²) >= 11 is 0. The summed E-state index contributed by atoms with van der Waals surface area (Å²) in [5, 5.41) is 11.5. The number of hydrogen-bond donors (Lipinski definition) is 2. The molecule has 0 bridgehead atoms. The lowest BCUT2D eigenvalue weighted by molar-refractivity contribution is -0.130. The highest BCUT2D eigenvalue weighted by Crippen LogP contribution is 2.18. The van der Waals surface area contributed by atoms with Gasteiger partial charge in [0, 0.05) is 6.54 Å². The van der Waals surface area contributed by atoms with E-state index in [0.717, 1.165) is 13.0 Å². The van der Waals surface area contributed by atoms with Crippen molar-refractivity contribution in [2.45, 2.75) is 13.3 Å². The number of aliphatic hydroxyl groups excluding tert-OH is 1. The summed E-state index contributed by atoms with van der Waals surface area (Å²) in [4.78, 5) is 11.0. The van der Waals surface area contributed by atoms with Gasteiger partial charge in [0.25, 0.3) is 0 Å². The molecule has 1 amide bonds. The molecule has 0 radical (unpaired) electrons. The first-order valence-corrected chi connectivity index (χ1v) is 3.64. The molecule has 1 aliphatic heterocycles. The average molecular weight is 143 g/mol. The zero-order chi connectivity index (χ0) is 7.56. The fourth-order valence-corrected chi connectivity index (χ4v) is 1.28. The van der Waals surface area contributed by atoms with Crippen LogP contribution in [0.2, 0.25) is 0 Å². The van der Waals surface area contributed by atoms with E-state index >= 15 is 0 Å². The van der Waals surface area contributed by atoms with Crippen molar-refractivity contribution in [3.8, 4) is 0 Å². The van der Waals surface area contributed by atoms with Crippen molar-refractivity contribution in [1.82, 2.24) is 5.32 Å². The number of amides is 1. The predicted molar refractivity (Wildman–Crippen MR) is 37.4 cm³/mol. The molecule has 0 aromatic heterocycles. The van der Waals surface area contributed by atoms with Crippen molar-refractivity contribution >= 4 is 5.91 Å². The second-order valence-electron chi connectivity index (χ2n) is 2.85. The smallest absolute Gasteiger partial charge is 0.225 e. The van der Waals surface area contributed by atoms with E-state index in [9.17, 15) is 4.79 Å². The van der Waals surface area contributed by atoms with E-state index in [-0.39, 0.29) is 18.4 Å². The van der Waals surface area contributed by atoms with E-state index in [1.807, 2.05) is 6.92 Å². The number of carbonyl (C=O) groups excluding carboxylic acids is 1. The van der Waals surface area contributed by atoms with Crippen molar-refractivity contribution in [2.24, 2.45) is 11.8 Å². The van der Waals surface area contributed by atoms with Gasteiger partial charge >= 0.3 is 0 Å². The fourth-order valence-electron chi connectivity index (χ4n) is 1.28. The molecule has 3 nitrogen and oxygen atoms in total. The van der Waals surface area contributed by atoms with Crippen LogP contribution in [0.3, 0.4) is 0 Å². The topological polar surface area (TPSA) is 49.3 Å². The minimum atomic E-state index is -0.172. The van der Waals surface area contributed by atoms with Gasteiger partial charge in [0.2, 0.25) is 5.91 Å². The Labute approximate surface area is 60.4 Å². The maximum absolute atomic E-state index is 11.0. The molecule has 2 unspecified atom stereocenters. The monoisotopic (exact) mass is 143 g/mol. The molecule has 2 N–H and O–H groups in total. The third kappa shape index (κ3) is 1.29. The molecule has 0 aliphatic carbocycles. The second kappa shape index (κ2) is 3.01. The molecular weight excluding hydrogens is 130 g/mol. The number of piperidine rings is 1. The molecule has 0 aromatic carbocycles. The first-order chi connectivity index (χ1) is 4.75. The largest absolute Gasteiger partial charge is 0.396 e. The van der Waals surface area contributed by atoms with Crippen molar-refractivity contribution in [3.05, 3.63) is 0 Å². The lowest BCUT2D eigenvalue weighted by atomic mass is 9.88. The van der Waals surface area contributed by atoms with Gasteiger partial charge in [-0.3, -0.25) is 4.79 Å². The third-order valence-electron chi connectivity index (χ3n) is 2.12. The Morgan fingerprint density at radius 1 is 1.80 bits per heavy atom. The van der Waals surface area contributed by atoms with Crippen molar-refractivity contribution in [2.75, 3.05) is 13.2 Å². The Kier molecular flexibility index (Phi) is 2.27. The van der Waals surface area contributed by atoms with E-state index in [4.69, 9.17) is 5.11 Å². The highest BCUT2D eigenvalue weighted by molar-refractivity contribution is 5.79. The first kappa shape index (κ1) is 7.54. The van der Waals surface area contributed by atoms with Crippen LogP contribution in [0.4, 0.5) is 0 Å². The third-order valence-corrected chi connectivity index (χ3v) is 2.12. The van der Waals surface area contributed by atoms with Gasteiger partial charge in [0.15, 0.2) is 0 Å². The van der Waals surface area contributed by atoms with Crippen LogP contribution in [0, 0.1) is 11.8 Å². The average Bonchev–Trinajstić information content (AvgIpc) is 1.88. The number of carbonyl (C=O) groups is 1. The van der Waals surface area contributed by atoms with E-state index in [1.54, 1.807) is 0 Å². The zero-order valence-corrected chi connectivity index (χ0v) is 6.13. The summed E-state index contributed by atoms with van der Waals surface area (Å²) in [6.07, 6.45) is 0.983. The summed E-state index contributed by atoms with van der Waals surface area (Å²) in [6, 6.07) is 0. The number of aliphatic hydroxyl groups is 1. The van der Waals surface area contributed by atoms with Crippen LogP contribution < -0.4 is 5.32 Å². The van der Waals surface area contributed by atoms with E-state index < -0.39 is 0 Å². The molecule has 3 heteroatoms. The highest BCUT2D eigenvalue weighted by atomic mass is 16.3. The Morgan fingerprint density at radius 3 is 2.90 bits per heavy atom. The Hall–Kier alpha value is -0.570. The van der Waals surface area contributed by atoms with E-state index in [0.29, 0.717) is 5.92 Å². The maximum atomic E-state index is 11.0. The lowest BCUT2D eigenvalue weighted by Gasteiger charge is -2.26. The van der Waals surface area contributed by atoms with Gasteiger partial charge in [0.1, 0.15) is 0 Å². The number of nitrogens with one attached hydrogen (secondary N) is 1. The van der Waals surface area contributed by atoms with Crippen LogP contribution in [0.25, 0.3) is 0 Å². The summed E-state index contributed by atoms with van der Waals surface area (Å²) in [6.45, 7) is 2.74. The highest BCUT2D eigenvalue weighted by Gasteiger charge is 2.27. The summed E-state index contributed by atoms with van der Waals surface area (Å²) in [7, 11) is 0. The molecule has 1 aliphatic rings. The van der Waals surface area contributed by atoms with Crippen LogP contribution in [-0.4, -0.2) is 24.2 Å². The summed E-state index contributed by atoms with van der Waals surface area (Å²) < 4.78 is 0. The van der Waals surface area contributed by atoms with E-state index in [1.165, 1.54) is 0 Å². The van der Waals surface area contributed by atoms with Gasteiger partial charge in [-0.1, -0.05) is 6.92 Å². The predicted octanol–water partition coefficient (Wildman–Crippen LogP) is -0.249. The number of rotatable bonds is 1. The molecule has 0 aromatic rings. The van der Waals surface area contributed by atoms with Crippen LogP contribution in [-0.2, 0) is 4.79 Å². The molecule has 58 valence electrons. The fraction of sp³-hybridized carbons (Fsp3) is 0.857. The normalized spacial score (nSPS) is 33.6. The lowest BCUT2D eigenvalue weighted by Crippen LogP contribution is -2.42. The Bertz CT molecular complexity index is 136. The molecule has 1 fully saturated rings. The van der Waals surface area contributed by atoms with Crippen molar-refractivity contribution < 1.29 is 9.90 Å². The number of hydrogen-bond acceptors (Lipinski definition) is 2. The summed E-state index contributed by atoms with van der Waals surface area (Å²) in [5.41, 5.74) is 0. The van der Waals surface area contributed by atoms with Gasteiger partial charge in [0.05, 0.1) is 12.5 Å². The van der Waals surface area contributed by atoms with Gasteiger partial charge < -0.3 is 10.4 Å². The molecule has 0 spiro atoms. The van der Waals surface area contributed by atoms with Crippen molar-refractivity contribution in [3.63, 3.8) is 0 Å². The first-order valence-electron chi connectivity index (χ1n) is 3.64. The quantitative estimate of drug-likeness (QED) is 0.532. The van der Waals surface area contributed by atoms with Crippen molar-refractivity contribution in [1.29, 1.82) is 0 Å². The van der Waals surface area contributed by atoms with E-state index in [2.05, 4.69) is 5.32 Å². The zero-order valence-electron chi connectivity index (χ0n) is 6.13. The maximum Gasteiger partial charge on any atom is 0.225 e. The van der Waals surface area contributed by atoms with Crippen LogP contribution >= 0.6 is 0 Å². The van der Waals surface area contributed by atoms with Crippen LogP contribution in [0.15, 0.2) is 0 Å². The minimum absolute atomic E-state index is 0.00116. The Morgan fingerprint density at radius 2 is 2.50 bits per heavy atom. The molecule has 1 saturated heterocycles. The molecule has 10 heavy (non-hydrogen) atoms. The molecule has 1 rings (SSSR count). The SMILES string of the molecule is CC1CCNC(=O)C1CO. The van der Waals surface area contributed by atoms with Gasteiger partial charge in [-0.15, -0.1) is 0 Å². The van der Waals surface area contributed by atoms with Gasteiger partial charge in [-0.25, -0.2) is 0 Å². The van der Waals surface area contributed by atoms with Crippen LogP contribution in [0.1, 0.15) is 13.3 Å². The molecule has 0 saturated carbocycles. The minimum Gasteiger partial charge on any atom is -0.396 e. The van der Waals surface area contributed by atoms with Crippen LogP contribution in [0.5, 0.6) is 0 Å². The van der Waals surface area contributed by atoms with Gasteiger partial charge in [-0.05, 0) is 12.3 Å². The Balaban J connectivity index is 2.53. The standard InChI is InChI=1S/C7H13NO2/c1-5-2-3-8-7(10)6(5)4-9/h5-6,9H,2-4H2,1H3,(H,8,10).